The molecule has 0 nitrogen and oxygen atoms in total. The molecule has 0 atom stereocenters. The predicted molar refractivity (Wildman–Crippen MR) is 67.6 cm³/mol. The molecule has 76 valence electrons. The van der Waals surface area contributed by atoms with Crippen molar-refractivity contribution in [2.24, 2.45) is 0 Å². The van der Waals surface area contributed by atoms with Crippen molar-refractivity contribution < 1.29 is 0 Å². The summed E-state index contributed by atoms with van der Waals surface area (Å²) in [6.07, 6.45) is 0. The normalized spacial score (nSPS) is 12.0. The Kier molecular flexibility index (Phi) is 9.31. The zero-order valence-electron chi connectivity index (χ0n) is 7.93. The molecule has 0 aromatic carbocycles. The first kappa shape index (κ1) is 16.0. The van der Waals surface area contributed by atoms with Crippen molar-refractivity contribution in [1.29, 1.82) is 0 Å². The van der Waals surface area contributed by atoms with Gasteiger partial charge in [-0.3, -0.25) is 0 Å². The Balaban J connectivity index is 0. The third-order valence-electron chi connectivity index (χ3n) is 1.24. The summed E-state index contributed by atoms with van der Waals surface area (Å²) in [6.45, 7) is 8.31. The molecule has 0 heterocycles. The highest BCUT2D eigenvalue weighted by atomic mass is 35.8. The van der Waals surface area contributed by atoms with E-state index >= 15 is 0 Å². The Labute approximate surface area is 96.4 Å². The zero-order chi connectivity index (χ0) is 10.4. The van der Waals surface area contributed by atoms with Crippen molar-refractivity contribution in [3.05, 3.63) is 0 Å². The number of rotatable bonds is 2. The Morgan fingerprint density at radius 1 is 0.833 bits per heavy atom. The van der Waals surface area contributed by atoms with Crippen molar-refractivity contribution in [1.82, 2.24) is 0 Å². The van der Waals surface area contributed by atoms with Gasteiger partial charge in [-0.2, -0.15) is 11.1 Å². The molecule has 0 aliphatic heterocycles. The lowest BCUT2D eigenvalue weighted by Gasteiger charge is -2.05. The molecule has 0 rings (SSSR count). The Morgan fingerprint density at radius 3 is 1.00 bits per heavy atom. The van der Waals surface area contributed by atoms with Gasteiger partial charge in [0.1, 0.15) is 7.38 Å². The molecule has 12 heavy (non-hydrogen) atoms. The Hall–Kier alpha value is 1.59. The van der Waals surface area contributed by atoms with Crippen molar-refractivity contribution in [3.63, 3.8) is 0 Å². The quantitative estimate of drug-likeness (QED) is 0.488. The van der Waals surface area contributed by atoms with Crippen molar-refractivity contribution in [2.45, 2.75) is 39.0 Å². The standard InChI is InChI=1S/C4H11ClSi.C2H5Cl3Si/c1-4-6(2,3)5;1-2-6(3,4)5/h4H2,1-3H3;2H2,1H3. The van der Waals surface area contributed by atoms with Gasteiger partial charge in [-0.1, -0.05) is 26.9 Å². The monoisotopic (exact) mass is 284 g/mol. The second-order valence-corrected chi connectivity index (χ2v) is 19.7. The minimum absolute atomic E-state index is 0.706. The van der Waals surface area contributed by atoms with Crippen LogP contribution >= 0.6 is 44.3 Å². The van der Waals surface area contributed by atoms with Gasteiger partial charge >= 0.3 is 6.00 Å². The minimum Gasteiger partial charge on any atom is -0.168 e. The second kappa shape index (κ2) is 6.96. The van der Waals surface area contributed by atoms with Crippen LogP contribution in [0.4, 0.5) is 0 Å². The first-order valence-electron chi connectivity index (χ1n) is 3.88. The summed E-state index contributed by atoms with van der Waals surface area (Å²) in [7, 11) is -1.16. The Bertz CT molecular complexity index is 91.1. The van der Waals surface area contributed by atoms with Crippen LogP contribution < -0.4 is 0 Å². The van der Waals surface area contributed by atoms with Crippen LogP contribution in [0.2, 0.25) is 25.2 Å². The maximum atomic E-state index is 5.86. The Morgan fingerprint density at radius 2 is 1.00 bits per heavy atom. The van der Waals surface area contributed by atoms with Crippen LogP contribution in [0.25, 0.3) is 0 Å². The summed E-state index contributed by atoms with van der Waals surface area (Å²) >= 11 is 22.0. The molecule has 0 aliphatic carbocycles. The molecule has 0 spiro atoms. The summed E-state index contributed by atoms with van der Waals surface area (Å²) < 4.78 is 0. The minimum atomic E-state index is -2.21. The molecule has 0 aliphatic rings. The second-order valence-electron chi connectivity index (χ2n) is 3.04. The van der Waals surface area contributed by atoms with E-state index < -0.39 is 13.4 Å². The summed E-state index contributed by atoms with van der Waals surface area (Å²) in [5, 5.41) is 0. The lowest BCUT2D eigenvalue weighted by Crippen LogP contribution is -2.12. The topological polar surface area (TPSA) is 0 Å². The first-order chi connectivity index (χ1) is 5.12. The van der Waals surface area contributed by atoms with Crippen LogP contribution in [0, 0.1) is 0 Å². The summed E-state index contributed by atoms with van der Waals surface area (Å²) in [6, 6.07) is -0.333. The van der Waals surface area contributed by atoms with Gasteiger partial charge in [0.05, 0.1) is 0 Å². The fourth-order valence-electron chi connectivity index (χ4n) is 0. The highest BCUT2D eigenvalue weighted by molar-refractivity contribution is 7.64. The van der Waals surface area contributed by atoms with Gasteiger partial charge in [-0.05, 0) is 12.1 Å². The van der Waals surface area contributed by atoms with E-state index in [2.05, 4.69) is 20.0 Å². The van der Waals surface area contributed by atoms with Crippen LogP contribution in [0.3, 0.4) is 0 Å². The van der Waals surface area contributed by atoms with Gasteiger partial charge in [0.2, 0.25) is 0 Å². The van der Waals surface area contributed by atoms with E-state index in [4.69, 9.17) is 44.3 Å². The van der Waals surface area contributed by atoms with Gasteiger partial charge in [0.25, 0.3) is 0 Å². The number of halogens is 4. The molecule has 0 amide bonds. The van der Waals surface area contributed by atoms with Gasteiger partial charge in [0, 0.05) is 0 Å². The van der Waals surface area contributed by atoms with E-state index in [1.54, 1.807) is 0 Å². The molecular weight excluding hydrogens is 270 g/mol. The third-order valence-corrected chi connectivity index (χ3v) is 6.93. The van der Waals surface area contributed by atoms with Gasteiger partial charge in [-0.15, -0.1) is 33.2 Å². The third kappa shape index (κ3) is 22.6. The SMILES string of the molecule is CC[Si](C)(C)Cl.CC[Si](Cl)(Cl)Cl. The molecule has 0 aromatic rings. The van der Waals surface area contributed by atoms with Crippen LogP contribution in [0.15, 0.2) is 0 Å². The maximum Gasteiger partial charge on any atom is 0.341 e. The molecular formula is C6H16Cl4Si2. The summed E-state index contributed by atoms with van der Waals surface area (Å²) in [5.41, 5.74) is 0. The van der Waals surface area contributed by atoms with Gasteiger partial charge < -0.3 is 0 Å². The van der Waals surface area contributed by atoms with E-state index in [1.165, 1.54) is 6.04 Å². The van der Waals surface area contributed by atoms with Crippen molar-refractivity contribution in [2.75, 3.05) is 0 Å². The fraction of sp³-hybridized carbons (Fsp3) is 1.00. The van der Waals surface area contributed by atoms with Gasteiger partial charge in [-0.25, -0.2) is 0 Å². The fourth-order valence-corrected chi connectivity index (χ4v) is 0. The molecule has 0 saturated carbocycles. The first-order valence-corrected chi connectivity index (χ1v) is 13.3. The van der Waals surface area contributed by atoms with E-state index in [0.717, 1.165) is 0 Å². The molecule has 0 radical (unpaired) electrons. The van der Waals surface area contributed by atoms with Crippen LogP contribution in [0.5, 0.6) is 0 Å². The van der Waals surface area contributed by atoms with E-state index in [1.807, 2.05) is 6.92 Å². The molecule has 0 fully saturated rings. The lowest BCUT2D eigenvalue weighted by molar-refractivity contribution is 1.40. The number of hydrogen-bond donors (Lipinski definition) is 0. The maximum absolute atomic E-state index is 5.86. The average Bonchev–Trinajstić information content (AvgIpc) is 1.86. The average molecular weight is 286 g/mol. The molecule has 0 aromatic heterocycles. The summed E-state index contributed by atoms with van der Waals surface area (Å²) in [4.78, 5) is 0. The zero-order valence-corrected chi connectivity index (χ0v) is 12.9. The van der Waals surface area contributed by atoms with E-state index in [0.29, 0.717) is 6.04 Å². The molecule has 0 saturated heterocycles. The largest absolute Gasteiger partial charge is 0.341 e. The molecule has 0 N–H and O–H groups in total. The molecule has 6 heteroatoms. The lowest BCUT2D eigenvalue weighted by atomic mass is 11.0. The predicted octanol–water partition coefficient (Wildman–Crippen LogP) is 5.11. The highest BCUT2D eigenvalue weighted by Gasteiger charge is 2.20. The van der Waals surface area contributed by atoms with E-state index in [-0.39, 0.29) is 0 Å². The van der Waals surface area contributed by atoms with Crippen molar-refractivity contribution >= 4 is 57.7 Å². The highest BCUT2D eigenvalue weighted by Crippen LogP contribution is 2.23. The molecule has 0 bridgehead atoms. The van der Waals surface area contributed by atoms with Gasteiger partial charge in [0.15, 0.2) is 0 Å². The van der Waals surface area contributed by atoms with E-state index in [9.17, 15) is 0 Å². The number of hydrogen-bond acceptors (Lipinski definition) is 0. The smallest absolute Gasteiger partial charge is 0.168 e. The molecule has 0 unspecified atom stereocenters. The van der Waals surface area contributed by atoms with Crippen LogP contribution in [-0.4, -0.2) is 13.4 Å². The summed E-state index contributed by atoms with van der Waals surface area (Å²) in [5.74, 6) is 0. The van der Waals surface area contributed by atoms with Crippen LogP contribution in [-0.2, 0) is 0 Å². The van der Waals surface area contributed by atoms with Crippen LogP contribution in [0.1, 0.15) is 13.8 Å². The van der Waals surface area contributed by atoms with Crippen molar-refractivity contribution in [3.8, 4) is 0 Å².